The van der Waals surface area contributed by atoms with E-state index in [1.165, 1.54) is 12.1 Å². The van der Waals surface area contributed by atoms with Gasteiger partial charge >= 0.3 is 0 Å². The van der Waals surface area contributed by atoms with Crippen LogP contribution >= 0.6 is 0 Å². The number of nitrogens with zero attached hydrogens (tertiary/aromatic N) is 3. The Morgan fingerprint density at radius 1 is 1.12 bits per heavy atom. The van der Waals surface area contributed by atoms with Crippen molar-refractivity contribution in [3.8, 4) is 0 Å². The third-order valence-electron chi connectivity index (χ3n) is 7.94. The molecule has 3 heterocycles. The van der Waals surface area contributed by atoms with Gasteiger partial charge < -0.3 is 24.8 Å². The number of likely N-dealkylation sites (tertiary alicyclic amines) is 1. The number of nitrogens with one attached hydrogen (secondary N) is 2. The molecule has 0 aliphatic carbocycles. The molecule has 41 heavy (non-hydrogen) atoms. The number of aromatic nitrogens is 1. The first-order valence-corrected chi connectivity index (χ1v) is 14.4. The zero-order valence-electron chi connectivity index (χ0n) is 24.7. The molecule has 3 atom stereocenters. The van der Waals surface area contributed by atoms with E-state index in [4.69, 9.17) is 0 Å². The third-order valence-corrected chi connectivity index (χ3v) is 7.94. The molecule has 3 amide bonds. The van der Waals surface area contributed by atoms with E-state index in [0.29, 0.717) is 31.6 Å². The highest BCUT2D eigenvalue weighted by Crippen LogP contribution is 2.27. The average Bonchev–Trinajstić information content (AvgIpc) is 3.60. The van der Waals surface area contributed by atoms with Gasteiger partial charge in [-0.1, -0.05) is 39.0 Å². The molecule has 4 rings (SSSR count). The molecule has 0 spiro atoms. The van der Waals surface area contributed by atoms with Gasteiger partial charge in [-0.05, 0) is 74.5 Å². The highest BCUT2D eigenvalue weighted by Gasteiger charge is 2.40. The summed E-state index contributed by atoms with van der Waals surface area (Å²) in [6.45, 7) is 8.96. The first-order valence-electron chi connectivity index (χ1n) is 14.4. The number of amides is 3. The molecule has 2 aromatic heterocycles. The Labute approximate surface area is 241 Å². The Bertz CT molecular complexity index is 1330. The van der Waals surface area contributed by atoms with Crippen molar-refractivity contribution in [2.75, 3.05) is 26.7 Å². The van der Waals surface area contributed by atoms with Gasteiger partial charge in [0.1, 0.15) is 11.9 Å². The molecule has 1 aliphatic heterocycles. The second-order valence-electron chi connectivity index (χ2n) is 12.0. The monoisotopic (exact) mass is 563 g/mol. The summed E-state index contributed by atoms with van der Waals surface area (Å²) in [6.07, 6.45) is 5.88. The summed E-state index contributed by atoms with van der Waals surface area (Å²) in [6, 6.07) is 12.7. The summed E-state index contributed by atoms with van der Waals surface area (Å²) in [5.74, 6) is -0.767. The maximum atomic E-state index is 13.9. The lowest BCUT2D eigenvalue weighted by Crippen LogP contribution is -2.59. The maximum Gasteiger partial charge on any atom is 0.255 e. The molecule has 220 valence electrons. The molecule has 3 aromatic rings. The molecule has 0 saturated carbocycles. The second kappa shape index (κ2) is 12.9. The minimum atomic E-state index is -0.702. The van der Waals surface area contributed by atoms with Gasteiger partial charge in [-0.3, -0.25) is 14.4 Å². The first-order chi connectivity index (χ1) is 19.5. The number of hydrogen-bond donors (Lipinski definition) is 2. The fraction of sp³-hybridized carbons (Fsp3) is 0.469. The van der Waals surface area contributed by atoms with Gasteiger partial charge in [0.15, 0.2) is 0 Å². The summed E-state index contributed by atoms with van der Waals surface area (Å²) in [5, 5.41) is 5.90. The Kier molecular flexibility index (Phi) is 9.48. The van der Waals surface area contributed by atoms with Crippen LogP contribution in [-0.4, -0.2) is 76.7 Å². The molecule has 0 radical (unpaired) electrons. The summed E-state index contributed by atoms with van der Waals surface area (Å²) in [4.78, 5) is 44.2. The highest BCUT2D eigenvalue weighted by molar-refractivity contribution is 5.96. The van der Waals surface area contributed by atoms with Crippen LogP contribution in [-0.2, 0) is 16.0 Å². The van der Waals surface area contributed by atoms with Crippen molar-refractivity contribution in [2.24, 2.45) is 5.41 Å². The van der Waals surface area contributed by atoms with Crippen LogP contribution in [0.3, 0.4) is 0 Å². The standard InChI is InChI=1S/C32H42FN5O3/c1-22(34-5)29(39)35-28(32(2,3)4)31(41)38-17-8-10-27(38)21-37(18-15-23-11-13-25(33)14-12-23)30(40)24-19-26-9-6-7-16-36(26)20-24/h6-7,9,11-14,16,19-20,22,27-28,34H,8,10,15,17-18,21H2,1-5H3,(H,35,39). The van der Waals surface area contributed by atoms with Crippen LogP contribution in [0.1, 0.15) is 56.5 Å². The molecule has 1 aliphatic rings. The van der Waals surface area contributed by atoms with Crippen molar-refractivity contribution >= 4 is 23.2 Å². The van der Waals surface area contributed by atoms with Crippen molar-refractivity contribution < 1.29 is 18.8 Å². The minimum Gasteiger partial charge on any atom is -0.342 e. The summed E-state index contributed by atoms with van der Waals surface area (Å²) < 4.78 is 15.4. The number of carbonyl (C=O) groups excluding carboxylic acids is 3. The quantitative estimate of drug-likeness (QED) is 0.392. The van der Waals surface area contributed by atoms with Gasteiger partial charge in [-0.25, -0.2) is 4.39 Å². The Balaban J connectivity index is 1.57. The molecule has 8 nitrogen and oxygen atoms in total. The minimum absolute atomic E-state index is 0.112. The fourth-order valence-corrected chi connectivity index (χ4v) is 5.33. The predicted octanol–water partition coefficient (Wildman–Crippen LogP) is 3.89. The van der Waals surface area contributed by atoms with Crippen LogP contribution < -0.4 is 10.6 Å². The van der Waals surface area contributed by atoms with E-state index in [0.717, 1.165) is 23.9 Å². The van der Waals surface area contributed by atoms with Gasteiger partial charge in [0.25, 0.3) is 5.91 Å². The number of fused-ring (bicyclic) bond motifs is 1. The maximum absolute atomic E-state index is 13.9. The van der Waals surface area contributed by atoms with E-state index in [9.17, 15) is 18.8 Å². The van der Waals surface area contributed by atoms with Crippen LogP contribution in [0, 0.1) is 11.2 Å². The highest BCUT2D eigenvalue weighted by atomic mass is 19.1. The molecule has 2 N–H and O–H groups in total. The number of rotatable bonds is 10. The van der Waals surface area contributed by atoms with Crippen molar-refractivity contribution in [2.45, 2.75) is 65.1 Å². The molecule has 1 aromatic carbocycles. The second-order valence-corrected chi connectivity index (χ2v) is 12.0. The number of halogens is 1. The molecule has 1 saturated heterocycles. The van der Waals surface area contributed by atoms with Crippen LogP contribution in [0.15, 0.2) is 60.9 Å². The lowest BCUT2D eigenvalue weighted by Gasteiger charge is -2.37. The van der Waals surface area contributed by atoms with Crippen molar-refractivity contribution in [1.29, 1.82) is 0 Å². The van der Waals surface area contributed by atoms with Crippen molar-refractivity contribution in [3.63, 3.8) is 0 Å². The van der Waals surface area contributed by atoms with Gasteiger partial charge in [-0.2, -0.15) is 0 Å². The summed E-state index contributed by atoms with van der Waals surface area (Å²) in [7, 11) is 1.71. The lowest BCUT2D eigenvalue weighted by atomic mass is 9.85. The zero-order valence-corrected chi connectivity index (χ0v) is 24.7. The van der Waals surface area contributed by atoms with Crippen LogP contribution in [0.2, 0.25) is 0 Å². The molecule has 9 heteroatoms. The Morgan fingerprint density at radius 3 is 2.51 bits per heavy atom. The smallest absolute Gasteiger partial charge is 0.255 e. The Morgan fingerprint density at radius 2 is 1.85 bits per heavy atom. The Hall–Kier alpha value is -3.72. The normalized spacial score (nSPS) is 16.9. The van der Waals surface area contributed by atoms with Crippen molar-refractivity contribution in [1.82, 2.24) is 24.8 Å². The van der Waals surface area contributed by atoms with E-state index in [2.05, 4.69) is 10.6 Å². The largest absolute Gasteiger partial charge is 0.342 e. The van der Waals surface area contributed by atoms with Gasteiger partial charge in [0, 0.05) is 43.6 Å². The first kappa shape index (κ1) is 30.2. The fourth-order valence-electron chi connectivity index (χ4n) is 5.33. The number of likely N-dealkylation sites (N-methyl/N-ethyl adjacent to an activating group) is 1. The van der Waals surface area contributed by atoms with E-state index in [-0.39, 0.29) is 29.6 Å². The van der Waals surface area contributed by atoms with Crippen LogP contribution in [0.4, 0.5) is 4.39 Å². The molecule has 0 bridgehead atoms. The number of hydrogen-bond acceptors (Lipinski definition) is 4. The van der Waals surface area contributed by atoms with E-state index >= 15 is 0 Å². The average molecular weight is 564 g/mol. The topological polar surface area (TPSA) is 86.2 Å². The van der Waals surface area contributed by atoms with E-state index < -0.39 is 17.5 Å². The van der Waals surface area contributed by atoms with Gasteiger partial charge in [0.2, 0.25) is 11.8 Å². The van der Waals surface area contributed by atoms with Crippen LogP contribution in [0.5, 0.6) is 0 Å². The predicted molar refractivity (Wildman–Crippen MR) is 158 cm³/mol. The van der Waals surface area contributed by atoms with Gasteiger partial charge in [-0.15, -0.1) is 0 Å². The molecular formula is C32H42FN5O3. The van der Waals surface area contributed by atoms with E-state index in [1.54, 1.807) is 26.1 Å². The SMILES string of the molecule is CNC(C)C(=O)NC(C(=O)N1CCCC1CN(CCc1ccc(F)cc1)C(=O)c1cc2ccccn2c1)C(C)(C)C. The third kappa shape index (κ3) is 7.33. The van der Waals surface area contributed by atoms with Gasteiger partial charge in [0.05, 0.1) is 11.6 Å². The molecular weight excluding hydrogens is 521 g/mol. The number of pyridine rings is 1. The summed E-state index contributed by atoms with van der Waals surface area (Å²) in [5.41, 5.74) is 1.93. The molecule has 3 unspecified atom stereocenters. The molecule has 1 fully saturated rings. The van der Waals surface area contributed by atoms with Crippen molar-refractivity contribution in [3.05, 3.63) is 77.9 Å². The zero-order chi connectivity index (χ0) is 29.7. The van der Waals surface area contributed by atoms with Crippen LogP contribution in [0.25, 0.3) is 5.52 Å². The summed E-state index contributed by atoms with van der Waals surface area (Å²) >= 11 is 0. The number of benzene rings is 1. The lowest BCUT2D eigenvalue weighted by molar-refractivity contribution is -0.140. The van der Waals surface area contributed by atoms with E-state index in [1.807, 2.05) is 71.6 Å². The number of carbonyl (C=O) groups is 3.